The van der Waals surface area contributed by atoms with Crippen molar-refractivity contribution in [1.82, 2.24) is 24.3 Å². The molecule has 2 aliphatic heterocycles. The lowest BCUT2D eigenvalue weighted by molar-refractivity contribution is 0.0122. The second-order valence-electron chi connectivity index (χ2n) is 16.7. The number of thiophene rings is 1. The van der Waals surface area contributed by atoms with Crippen LogP contribution < -0.4 is 4.90 Å². The molecule has 56 heavy (non-hydrogen) atoms. The second-order valence-corrected chi connectivity index (χ2v) is 18.7. The van der Waals surface area contributed by atoms with Crippen LogP contribution in [0.15, 0.2) is 52.7 Å². The minimum absolute atomic E-state index is 0.0370. The van der Waals surface area contributed by atoms with Crippen molar-refractivity contribution in [1.29, 1.82) is 10.5 Å². The van der Waals surface area contributed by atoms with Crippen LogP contribution in [0.1, 0.15) is 82.2 Å². The number of carbonyl (C=O) groups is 1. The quantitative estimate of drug-likeness (QED) is 0.0860. The van der Waals surface area contributed by atoms with E-state index in [0.29, 0.717) is 72.5 Å². The molecule has 0 aliphatic carbocycles. The Bertz CT molecular complexity index is 2410. The van der Waals surface area contributed by atoms with Gasteiger partial charge in [-0.2, -0.15) is 10.5 Å². The lowest BCUT2D eigenvalue weighted by Crippen LogP contribution is -2.57. The molecule has 0 spiro atoms. The zero-order valence-electron chi connectivity index (χ0n) is 33.1. The number of benzene rings is 2. The van der Waals surface area contributed by atoms with E-state index in [2.05, 4.69) is 67.1 Å². The molecular weight excluding hydrogens is 746 g/mol. The summed E-state index contributed by atoms with van der Waals surface area (Å²) < 4.78 is 23.4. The van der Waals surface area contributed by atoms with Crippen molar-refractivity contribution in [3.8, 4) is 12.1 Å². The van der Waals surface area contributed by atoms with E-state index in [1.165, 1.54) is 11.6 Å². The smallest absolute Gasteiger partial charge is 0.410 e. The fraction of sp³-hybridized carbons (Fsp3) is 0.429. The molecule has 11 nitrogen and oxygen atoms in total. The van der Waals surface area contributed by atoms with E-state index < -0.39 is 11.4 Å². The molecule has 0 radical (unpaired) electrons. The zero-order valence-corrected chi connectivity index (χ0v) is 34.7. The van der Waals surface area contributed by atoms with Gasteiger partial charge in [-0.25, -0.2) is 24.1 Å². The first-order chi connectivity index (χ1) is 26.6. The topological polar surface area (TPSA) is 127 Å². The normalized spacial score (nSPS) is 17.2. The summed E-state index contributed by atoms with van der Waals surface area (Å²) in [6, 6.07) is 16.3. The van der Waals surface area contributed by atoms with E-state index >= 15 is 4.39 Å². The largest absolute Gasteiger partial charge is 0.444 e. The summed E-state index contributed by atoms with van der Waals surface area (Å²) in [5.74, 6) is 0.758. The molecule has 0 saturated carbocycles. The minimum Gasteiger partial charge on any atom is -0.444 e. The van der Waals surface area contributed by atoms with Crippen LogP contribution in [0.3, 0.4) is 0 Å². The van der Waals surface area contributed by atoms with Crippen molar-refractivity contribution < 1.29 is 13.9 Å². The Balaban J connectivity index is 1.31. The monoisotopic (exact) mass is 791 g/mol. The number of anilines is 1. The third kappa shape index (κ3) is 7.65. The number of thioether (sulfide) groups is 1. The van der Waals surface area contributed by atoms with Crippen molar-refractivity contribution in [3.05, 3.63) is 76.4 Å². The van der Waals surface area contributed by atoms with Crippen LogP contribution in [0, 0.1) is 28.5 Å². The van der Waals surface area contributed by atoms with Gasteiger partial charge in [0, 0.05) is 44.9 Å². The number of halogens is 1. The number of imidazole rings is 1. The number of piperazine rings is 1. The van der Waals surface area contributed by atoms with Crippen LogP contribution in [0.25, 0.3) is 21.1 Å². The molecule has 7 rings (SSSR count). The third-order valence-electron chi connectivity index (χ3n) is 10.1. The Morgan fingerprint density at radius 1 is 1.05 bits per heavy atom. The molecule has 5 heterocycles. The number of hydrogen-bond acceptors (Lipinski definition) is 10. The zero-order chi connectivity index (χ0) is 40.1. The Hall–Kier alpha value is -5.18. The predicted octanol–water partition coefficient (Wildman–Crippen LogP) is 8.98. The van der Waals surface area contributed by atoms with Gasteiger partial charge in [0.2, 0.25) is 0 Å². The molecule has 0 N–H and O–H groups in total. The average molecular weight is 792 g/mol. The maximum atomic E-state index is 15.3. The summed E-state index contributed by atoms with van der Waals surface area (Å²) >= 11 is 2.71. The van der Waals surface area contributed by atoms with Gasteiger partial charge in [-0.3, -0.25) is 4.90 Å². The summed E-state index contributed by atoms with van der Waals surface area (Å²) in [7, 11) is 3.66. The standard InChI is InChI=1S/C42H46FN9O2S2/c1-41(2,3)27-12-9-25(10-13-27)22-55-39-34-35(31(18-45)37(48-39)50-20-28-14-15-29(21-50)52(28)40(53)54-42(4,5)6)51(24-46-34)19-26-11-16-32(43)36-33(26)30(17-44)38(56-36)47-23-49(7)8/h9-13,16,23-24,28-29H,14-15,19-22H2,1-8H3/b47-23+. The van der Waals surface area contributed by atoms with Crippen LogP contribution in [0.4, 0.5) is 20.0 Å². The molecule has 2 fully saturated rings. The molecule has 2 saturated heterocycles. The number of aromatic nitrogens is 3. The summed E-state index contributed by atoms with van der Waals surface area (Å²) in [6.45, 7) is 13.4. The van der Waals surface area contributed by atoms with Gasteiger partial charge in [-0.15, -0.1) is 11.3 Å². The highest BCUT2D eigenvalue weighted by molar-refractivity contribution is 7.98. The number of nitriles is 2. The van der Waals surface area contributed by atoms with Crippen LogP contribution in [-0.2, 0) is 22.4 Å². The summed E-state index contributed by atoms with van der Waals surface area (Å²) in [5.41, 5.74) is 4.41. The molecular formula is C42H46FN9O2S2. The molecule has 2 unspecified atom stereocenters. The number of pyridine rings is 1. The van der Waals surface area contributed by atoms with Gasteiger partial charge in [0.15, 0.2) is 0 Å². The van der Waals surface area contributed by atoms with E-state index in [1.54, 1.807) is 35.4 Å². The summed E-state index contributed by atoms with van der Waals surface area (Å²) in [5, 5.41) is 22.8. The van der Waals surface area contributed by atoms with Crippen LogP contribution in [-0.4, -0.2) is 81.6 Å². The fourth-order valence-corrected chi connectivity index (χ4v) is 9.49. The number of amides is 1. The number of carbonyl (C=O) groups excluding carboxylic acids is 1. The number of nitrogens with zero attached hydrogens (tertiary/aromatic N) is 9. The predicted molar refractivity (Wildman–Crippen MR) is 221 cm³/mol. The number of aliphatic imine (C=N–C) groups is 1. The van der Waals surface area contributed by atoms with Crippen molar-refractivity contribution in [2.45, 2.75) is 94.8 Å². The molecule has 2 aliphatic rings. The maximum Gasteiger partial charge on any atom is 0.410 e. The number of rotatable bonds is 8. The Kier molecular flexibility index (Phi) is 10.5. The minimum atomic E-state index is -0.611. The van der Waals surface area contributed by atoms with Crippen LogP contribution in [0.5, 0.6) is 0 Å². The van der Waals surface area contributed by atoms with Crippen molar-refractivity contribution >= 4 is 67.5 Å². The Labute approximate surface area is 335 Å². The Morgan fingerprint density at radius 2 is 1.73 bits per heavy atom. The maximum absolute atomic E-state index is 15.3. The van der Waals surface area contributed by atoms with Gasteiger partial charge < -0.3 is 19.1 Å². The van der Waals surface area contributed by atoms with Crippen LogP contribution >= 0.6 is 23.1 Å². The summed E-state index contributed by atoms with van der Waals surface area (Å²) in [6.07, 6.45) is 4.64. The van der Waals surface area contributed by atoms with E-state index in [0.717, 1.165) is 29.7 Å². The molecule has 3 aromatic heterocycles. The van der Waals surface area contributed by atoms with E-state index in [4.69, 9.17) is 14.7 Å². The molecule has 290 valence electrons. The first-order valence-corrected chi connectivity index (χ1v) is 20.5. The van der Waals surface area contributed by atoms with Gasteiger partial charge in [-0.1, -0.05) is 62.9 Å². The van der Waals surface area contributed by atoms with E-state index in [1.807, 2.05) is 44.3 Å². The van der Waals surface area contributed by atoms with Crippen LogP contribution in [0.2, 0.25) is 0 Å². The first-order valence-electron chi connectivity index (χ1n) is 18.7. The fourth-order valence-electron chi connectivity index (χ4n) is 7.51. The molecule has 2 atom stereocenters. The molecule has 5 aromatic rings. The first kappa shape index (κ1) is 39.1. The van der Waals surface area contributed by atoms with Crippen molar-refractivity contribution in [2.75, 3.05) is 32.1 Å². The SMILES string of the molecule is CN(C)/C=N/c1sc2c(F)ccc(Cn3cnc4c(SCc5ccc(C(C)(C)C)cc5)nc(N5CC6CCC(C5)N6C(=O)OC(C)(C)C)c(C#N)c43)c2c1C#N. The van der Waals surface area contributed by atoms with Gasteiger partial charge >= 0.3 is 6.09 Å². The average Bonchev–Trinajstić information content (AvgIpc) is 3.81. The highest BCUT2D eigenvalue weighted by Gasteiger charge is 2.45. The van der Waals surface area contributed by atoms with E-state index in [9.17, 15) is 15.3 Å². The number of hydrogen-bond donors (Lipinski definition) is 0. The molecule has 2 aromatic carbocycles. The lowest BCUT2D eigenvalue weighted by atomic mass is 9.87. The number of ether oxygens (including phenoxy) is 1. The van der Waals surface area contributed by atoms with Crippen molar-refractivity contribution in [3.63, 3.8) is 0 Å². The highest BCUT2D eigenvalue weighted by atomic mass is 32.2. The number of fused-ring (bicyclic) bond motifs is 4. The van der Waals surface area contributed by atoms with Crippen molar-refractivity contribution in [2.24, 2.45) is 4.99 Å². The van der Waals surface area contributed by atoms with Gasteiger partial charge in [-0.05, 0) is 61.8 Å². The third-order valence-corrected chi connectivity index (χ3v) is 12.3. The molecule has 14 heteroatoms. The summed E-state index contributed by atoms with van der Waals surface area (Å²) in [4.78, 5) is 33.6. The van der Waals surface area contributed by atoms with E-state index in [-0.39, 0.29) is 30.1 Å². The molecule has 2 bridgehead atoms. The second kappa shape index (κ2) is 15.1. The van der Waals surface area contributed by atoms with Gasteiger partial charge in [0.25, 0.3) is 0 Å². The van der Waals surface area contributed by atoms with Gasteiger partial charge in [0.05, 0.1) is 40.5 Å². The highest BCUT2D eigenvalue weighted by Crippen LogP contribution is 2.42. The Morgan fingerprint density at radius 3 is 2.34 bits per heavy atom. The lowest BCUT2D eigenvalue weighted by Gasteiger charge is -2.42. The molecule has 1 amide bonds. The van der Waals surface area contributed by atoms with Gasteiger partial charge in [0.1, 0.15) is 50.5 Å².